The van der Waals surface area contributed by atoms with E-state index in [1.165, 1.54) is 17.2 Å². The highest BCUT2D eigenvalue weighted by atomic mass is 79.9. The lowest BCUT2D eigenvalue weighted by Crippen LogP contribution is -2.18. The van der Waals surface area contributed by atoms with Gasteiger partial charge in [-0.3, -0.25) is 0 Å². The molecule has 1 nitrogen and oxygen atoms in total. The maximum atomic E-state index is 13.7. The van der Waals surface area contributed by atoms with Crippen LogP contribution < -0.4 is 5.32 Å². The lowest BCUT2D eigenvalue weighted by molar-refractivity contribution is 0.544. The Morgan fingerprint density at radius 1 is 1.14 bits per heavy atom. The van der Waals surface area contributed by atoms with Crippen LogP contribution in [0.25, 0.3) is 0 Å². The second kappa shape index (κ2) is 7.71. The monoisotopic (exact) mass is 349 g/mol. The molecule has 0 aliphatic heterocycles. The summed E-state index contributed by atoms with van der Waals surface area (Å²) in [6, 6.07) is 13.9. The first-order chi connectivity index (χ1) is 10.1. The van der Waals surface area contributed by atoms with Crippen molar-refractivity contribution in [2.75, 3.05) is 0 Å². The van der Waals surface area contributed by atoms with Gasteiger partial charge < -0.3 is 5.32 Å². The van der Waals surface area contributed by atoms with Gasteiger partial charge in [0.2, 0.25) is 0 Å². The Bertz CT molecular complexity index is 580. The normalized spacial score (nSPS) is 12.4. The summed E-state index contributed by atoms with van der Waals surface area (Å²) in [5.74, 6) is -0.170. The number of nitrogens with one attached hydrogen (secondary N) is 1. The topological polar surface area (TPSA) is 12.0 Å². The van der Waals surface area contributed by atoms with E-state index in [2.05, 4.69) is 59.4 Å². The first-order valence-corrected chi connectivity index (χ1v) is 8.15. The molecule has 1 N–H and O–H groups in total. The Morgan fingerprint density at radius 3 is 2.52 bits per heavy atom. The minimum absolute atomic E-state index is 0.170. The second-order valence-electron chi connectivity index (χ2n) is 5.33. The standard InChI is InChI=1S/C18H21BrFN/c1-3-4-14-5-7-15(8-6-14)13(2)21-12-16-11-17(19)9-10-18(16)20/h5-11,13,21H,3-4,12H2,1-2H3. The molecular formula is C18H21BrFN. The van der Waals surface area contributed by atoms with Crippen molar-refractivity contribution in [3.05, 3.63) is 69.4 Å². The molecule has 0 saturated carbocycles. The third-order valence-electron chi connectivity index (χ3n) is 3.62. The van der Waals surface area contributed by atoms with Gasteiger partial charge >= 0.3 is 0 Å². The summed E-state index contributed by atoms with van der Waals surface area (Å²) in [5, 5.41) is 3.37. The fourth-order valence-corrected chi connectivity index (χ4v) is 2.73. The molecule has 0 radical (unpaired) electrons. The molecule has 21 heavy (non-hydrogen) atoms. The number of hydrogen-bond acceptors (Lipinski definition) is 1. The van der Waals surface area contributed by atoms with Gasteiger partial charge in [0, 0.05) is 22.6 Å². The van der Waals surface area contributed by atoms with Gasteiger partial charge in [-0.05, 0) is 42.7 Å². The molecule has 2 aromatic rings. The summed E-state index contributed by atoms with van der Waals surface area (Å²) >= 11 is 3.38. The van der Waals surface area contributed by atoms with Gasteiger partial charge in [0.1, 0.15) is 5.82 Å². The Balaban J connectivity index is 1.97. The zero-order valence-electron chi connectivity index (χ0n) is 12.5. The predicted molar refractivity (Wildman–Crippen MR) is 89.8 cm³/mol. The van der Waals surface area contributed by atoms with Crippen molar-refractivity contribution < 1.29 is 4.39 Å². The molecule has 3 heteroatoms. The van der Waals surface area contributed by atoms with Crippen LogP contribution in [0.5, 0.6) is 0 Å². The van der Waals surface area contributed by atoms with Crippen molar-refractivity contribution in [3.63, 3.8) is 0 Å². The molecule has 0 fully saturated rings. The Kier molecular flexibility index (Phi) is 5.95. The first-order valence-electron chi connectivity index (χ1n) is 7.36. The van der Waals surface area contributed by atoms with Crippen LogP contribution >= 0.6 is 15.9 Å². The number of rotatable bonds is 6. The average Bonchev–Trinajstić information content (AvgIpc) is 2.49. The summed E-state index contributed by atoms with van der Waals surface area (Å²) < 4.78 is 14.6. The molecule has 0 bridgehead atoms. The zero-order chi connectivity index (χ0) is 15.2. The van der Waals surface area contributed by atoms with Crippen molar-refractivity contribution in [3.8, 4) is 0 Å². The van der Waals surface area contributed by atoms with Crippen LogP contribution in [-0.4, -0.2) is 0 Å². The Morgan fingerprint density at radius 2 is 1.86 bits per heavy atom. The van der Waals surface area contributed by atoms with E-state index in [1.54, 1.807) is 6.07 Å². The van der Waals surface area contributed by atoms with Crippen molar-refractivity contribution in [2.45, 2.75) is 39.3 Å². The lowest BCUT2D eigenvalue weighted by Gasteiger charge is -2.15. The van der Waals surface area contributed by atoms with Crippen LogP contribution in [0.2, 0.25) is 0 Å². The Labute approximate surface area is 134 Å². The molecule has 0 saturated heterocycles. The van der Waals surface area contributed by atoms with Crippen LogP contribution in [0.1, 0.15) is 43.0 Å². The van der Waals surface area contributed by atoms with E-state index in [-0.39, 0.29) is 11.9 Å². The summed E-state index contributed by atoms with van der Waals surface area (Å²) in [5.41, 5.74) is 3.27. The van der Waals surface area contributed by atoms with Gasteiger partial charge in [0.05, 0.1) is 0 Å². The first kappa shape index (κ1) is 16.2. The van der Waals surface area contributed by atoms with E-state index < -0.39 is 0 Å². The molecule has 1 atom stereocenters. The highest BCUT2D eigenvalue weighted by Crippen LogP contribution is 2.18. The van der Waals surface area contributed by atoms with E-state index in [4.69, 9.17) is 0 Å². The summed E-state index contributed by atoms with van der Waals surface area (Å²) in [6.07, 6.45) is 2.28. The maximum Gasteiger partial charge on any atom is 0.127 e. The number of halogens is 2. The predicted octanol–water partition coefficient (Wildman–Crippen LogP) is 5.39. The van der Waals surface area contributed by atoms with Crippen LogP contribution in [-0.2, 0) is 13.0 Å². The largest absolute Gasteiger partial charge is 0.306 e. The molecule has 0 aliphatic rings. The van der Waals surface area contributed by atoms with Crippen LogP contribution in [0.15, 0.2) is 46.9 Å². The van der Waals surface area contributed by atoms with Crippen molar-refractivity contribution in [1.29, 1.82) is 0 Å². The smallest absolute Gasteiger partial charge is 0.127 e. The lowest BCUT2D eigenvalue weighted by atomic mass is 10.0. The van der Waals surface area contributed by atoms with E-state index in [1.807, 2.05) is 6.07 Å². The average molecular weight is 350 g/mol. The van der Waals surface area contributed by atoms with Gasteiger partial charge in [-0.15, -0.1) is 0 Å². The van der Waals surface area contributed by atoms with E-state index in [0.29, 0.717) is 12.1 Å². The van der Waals surface area contributed by atoms with Crippen molar-refractivity contribution in [1.82, 2.24) is 5.32 Å². The molecule has 0 aliphatic carbocycles. The van der Waals surface area contributed by atoms with Gasteiger partial charge in [-0.1, -0.05) is 53.5 Å². The third kappa shape index (κ3) is 4.65. The SMILES string of the molecule is CCCc1ccc(C(C)NCc2cc(Br)ccc2F)cc1. The molecule has 0 spiro atoms. The molecule has 0 aromatic heterocycles. The summed E-state index contributed by atoms with van der Waals surface area (Å²) in [7, 11) is 0. The van der Waals surface area contributed by atoms with Gasteiger partial charge in [-0.2, -0.15) is 0 Å². The maximum absolute atomic E-state index is 13.7. The molecule has 112 valence electrons. The zero-order valence-corrected chi connectivity index (χ0v) is 14.1. The fourth-order valence-electron chi connectivity index (χ4n) is 2.32. The van der Waals surface area contributed by atoms with Gasteiger partial charge in [-0.25, -0.2) is 4.39 Å². The quantitative estimate of drug-likeness (QED) is 0.736. The minimum Gasteiger partial charge on any atom is -0.306 e. The minimum atomic E-state index is -0.170. The van der Waals surface area contributed by atoms with E-state index in [0.717, 1.165) is 17.3 Å². The molecule has 0 heterocycles. The molecule has 1 unspecified atom stereocenters. The van der Waals surface area contributed by atoms with Crippen LogP contribution in [0.3, 0.4) is 0 Å². The number of benzene rings is 2. The van der Waals surface area contributed by atoms with Crippen molar-refractivity contribution >= 4 is 15.9 Å². The number of aryl methyl sites for hydroxylation is 1. The molecule has 0 amide bonds. The van der Waals surface area contributed by atoms with Gasteiger partial charge in [0.15, 0.2) is 0 Å². The van der Waals surface area contributed by atoms with Crippen molar-refractivity contribution in [2.24, 2.45) is 0 Å². The van der Waals surface area contributed by atoms with Gasteiger partial charge in [0.25, 0.3) is 0 Å². The van der Waals surface area contributed by atoms with Crippen LogP contribution in [0, 0.1) is 5.82 Å². The van der Waals surface area contributed by atoms with E-state index >= 15 is 0 Å². The molecule has 2 aromatic carbocycles. The highest BCUT2D eigenvalue weighted by molar-refractivity contribution is 9.10. The third-order valence-corrected chi connectivity index (χ3v) is 4.12. The highest BCUT2D eigenvalue weighted by Gasteiger charge is 2.07. The second-order valence-corrected chi connectivity index (χ2v) is 6.25. The number of hydrogen-bond donors (Lipinski definition) is 1. The molecular weight excluding hydrogens is 329 g/mol. The van der Waals surface area contributed by atoms with Crippen LogP contribution in [0.4, 0.5) is 4.39 Å². The fraction of sp³-hybridized carbons (Fsp3) is 0.333. The van der Waals surface area contributed by atoms with E-state index in [9.17, 15) is 4.39 Å². The summed E-state index contributed by atoms with van der Waals surface area (Å²) in [4.78, 5) is 0. The Hall–Kier alpha value is -1.19. The molecule has 2 rings (SSSR count). The summed E-state index contributed by atoms with van der Waals surface area (Å²) in [6.45, 7) is 4.80.